The zero-order valence-electron chi connectivity index (χ0n) is 20.1. The first kappa shape index (κ1) is 27.1. The molecule has 2 aromatic carbocycles. The van der Waals surface area contributed by atoms with Crippen LogP contribution in [0.4, 0.5) is 32.2 Å². The van der Waals surface area contributed by atoms with Crippen molar-refractivity contribution in [2.75, 3.05) is 11.4 Å². The first-order valence-corrected chi connectivity index (χ1v) is 11.4. The highest BCUT2D eigenvalue weighted by atomic mass is 19.4. The average Bonchev–Trinajstić information content (AvgIpc) is 3.38. The Kier molecular flexibility index (Phi) is 6.93. The monoisotopic (exact) mass is 538 g/mol. The van der Waals surface area contributed by atoms with Crippen molar-refractivity contribution >= 4 is 31.0 Å². The van der Waals surface area contributed by atoms with Crippen molar-refractivity contribution in [3.63, 3.8) is 0 Å². The number of carbonyl (C=O) groups is 2. The number of fused-ring (bicyclic) bond motifs is 1. The SMILES string of the molecule is Bc1cc(CN2CCn3nc(C(F)(F)F)c(C(=O)N[C@@H](C)c4ccc(C(=O)O)cc4)c32)cc(C(F)(F)F)c1. The van der Waals surface area contributed by atoms with Gasteiger partial charge >= 0.3 is 18.3 Å². The minimum Gasteiger partial charge on any atom is -0.478 e. The predicted octanol–water partition coefficient (Wildman–Crippen LogP) is 3.39. The van der Waals surface area contributed by atoms with Crippen LogP contribution in [-0.2, 0) is 25.4 Å². The van der Waals surface area contributed by atoms with Gasteiger partial charge in [0.1, 0.15) is 19.2 Å². The van der Waals surface area contributed by atoms with Crippen LogP contribution in [0.15, 0.2) is 42.5 Å². The van der Waals surface area contributed by atoms with E-state index in [1.165, 1.54) is 50.0 Å². The van der Waals surface area contributed by atoms with Crippen LogP contribution >= 0.6 is 0 Å². The van der Waals surface area contributed by atoms with Crippen LogP contribution in [0.1, 0.15) is 56.1 Å². The zero-order chi connectivity index (χ0) is 28.0. The van der Waals surface area contributed by atoms with E-state index in [-0.39, 0.29) is 36.6 Å². The summed E-state index contributed by atoms with van der Waals surface area (Å²) in [6.07, 6.45) is -9.56. The molecule has 200 valence electrons. The number of nitrogens with zero attached hydrogens (tertiary/aromatic N) is 3. The van der Waals surface area contributed by atoms with E-state index in [2.05, 4.69) is 10.4 Å². The Bertz CT molecular complexity index is 1390. The number of alkyl halides is 6. The quantitative estimate of drug-likeness (QED) is 0.372. The Morgan fingerprint density at radius 2 is 1.71 bits per heavy atom. The third-order valence-corrected chi connectivity index (χ3v) is 6.15. The van der Waals surface area contributed by atoms with Crippen LogP contribution in [0.3, 0.4) is 0 Å². The molecule has 0 fully saturated rings. The van der Waals surface area contributed by atoms with Gasteiger partial charge in [-0.25, -0.2) is 9.48 Å². The summed E-state index contributed by atoms with van der Waals surface area (Å²) in [6, 6.07) is 8.09. The minimum absolute atomic E-state index is 0.00144. The first-order valence-electron chi connectivity index (χ1n) is 11.4. The smallest absolute Gasteiger partial charge is 0.436 e. The molecule has 3 aromatic rings. The van der Waals surface area contributed by atoms with Crippen LogP contribution in [-0.4, -0.2) is 41.2 Å². The zero-order valence-corrected chi connectivity index (χ0v) is 20.1. The lowest BCUT2D eigenvalue weighted by molar-refractivity contribution is -0.142. The van der Waals surface area contributed by atoms with Crippen LogP contribution in [0.25, 0.3) is 0 Å². The molecule has 1 aliphatic heterocycles. The highest BCUT2D eigenvalue weighted by Gasteiger charge is 2.44. The molecular weight excluding hydrogens is 517 g/mol. The number of hydrogen-bond acceptors (Lipinski definition) is 4. The topological polar surface area (TPSA) is 87.5 Å². The fourth-order valence-electron chi connectivity index (χ4n) is 4.42. The second-order valence-corrected chi connectivity index (χ2v) is 9.02. The standard InChI is InChI=1S/C24H21BF6N4O3/c1-12(14-2-4-15(5-3-14)22(37)38)32-20(36)18-19(24(29,30)31)33-35-7-6-34(21(18)35)11-13-8-16(23(26,27)28)10-17(25)9-13/h2-5,8-10,12H,6-7,11,25H2,1H3,(H,32,36)(H,37,38)/t12-/m0/s1. The van der Waals surface area contributed by atoms with Gasteiger partial charge < -0.3 is 15.3 Å². The number of benzene rings is 2. The maximum Gasteiger partial charge on any atom is 0.436 e. The molecule has 14 heteroatoms. The highest BCUT2D eigenvalue weighted by Crippen LogP contribution is 2.39. The molecule has 0 spiro atoms. The van der Waals surface area contributed by atoms with Crippen molar-refractivity contribution in [2.24, 2.45) is 0 Å². The summed E-state index contributed by atoms with van der Waals surface area (Å²) in [4.78, 5) is 25.7. The van der Waals surface area contributed by atoms with Gasteiger partial charge in [-0.05, 0) is 36.2 Å². The van der Waals surface area contributed by atoms with Gasteiger partial charge in [0.2, 0.25) is 0 Å². The van der Waals surface area contributed by atoms with Crippen molar-refractivity contribution in [1.82, 2.24) is 15.1 Å². The van der Waals surface area contributed by atoms with Crippen LogP contribution in [0.5, 0.6) is 0 Å². The molecule has 1 atom stereocenters. The number of aromatic nitrogens is 2. The van der Waals surface area contributed by atoms with E-state index >= 15 is 0 Å². The molecule has 1 amide bonds. The van der Waals surface area contributed by atoms with Gasteiger partial charge in [-0.3, -0.25) is 4.79 Å². The summed E-state index contributed by atoms with van der Waals surface area (Å²) in [5.41, 5.74) is -2.00. The summed E-state index contributed by atoms with van der Waals surface area (Å²) in [6.45, 7) is 1.51. The third kappa shape index (κ3) is 5.48. The molecular formula is C24H21BF6N4O3. The second kappa shape index (κ2) is 9.73. The van der Waals surface area contributed by atoms with Gasteiger partial charge in [-0.15, -0.1) is 0 Å². The molecule has 0 unspecified atom stereocenters. The maximum atomic E-state index is 13.9. The van der Waals surface area contributed by atoms with Crippen LogP contribution in [0, 0.1) is 0 Å². The molecule has 7 nitrogen and oxygen atoms in total. The summed E-state index contributed by atoms with van der Waals surface area (Å²) in [5, 5.41) is 15.1. The second-order valence-electron chi connectivity index (χ2n) is 9.02. The van der Waals surface area contributed by atoms with E-state index in [4.69, 9.17) is 5.11 Å². The number of carbonyl (C=O) groups excluding carboxylic acids is 1. The van der Waals surface area contributed by atoms with Crippen LogP contribution < -0.4 is 15.7 Å². The summed E-state index contributed by atoms with van der Waals surface area (Å²) >= 11 is 0. The number of aromatic carboxylic acids is 1. The lowest BCUT2D eigenvalue weighted by Crippen LogP contribution is -2.31. The molecule has 0 aliphatic carbocycles. The number of hydrogen-bond donors (Lipinski definition) is 2. The summed E-state index contributed by atoms with van der Waals surface area (Å²) < 4.78 is 82.5. The lowest BCUT2D eigenvalue weighted by atomic mass is 9.91. The van der Waals surface area contributed by atoms with Gasteiger partial charge in [-0.1, -0.05) is 29.7 Å². The molecule has 0 bridgehead atoms. The predicted molar refractivity (Wildman–Crippen MR) is 127 cm³/mol. The largest absolute Gasteiger partial charge is 0.478 e. The summed E-state index contributed by atoms with van der Waals surface area (Å²) in [5.74, 6) is -2.37. The molecule has 2 N–H and O–H groups in total. The number of halogens is 6. The molecule has 0 radical (unpaired) electrons. The molecule has 1 aliphatic rings. The minimum atomic E-state index is -4.96. The molecule has 1 aromatic heterocycles. The van der Waals surface area contributed by atoms with Crippen molar-refractivity contribution in [3.8, 4) is 0 Å². The highest BCUT2D eigenvalue weighted by molar-refractivity contribution is 6.32. The third-order valence-electron chi connectivity index (χ3n) is 6.15. The number of amides is 1. The lowest BCUT2D eigenvalue weighted by Gasteiger charge is -2.22. The van der Waals surface area contributed by atoms with E-state index < -0.39 is 47.1 Å². The van der Waals surface area contributed by atoms with Gasteiger partial charge in [0.05, 0.1) is 23.7 Å². The number of anilines is 1. The normalized spacial score (nSPS) is 14.3. The van der Waals surface area contributed by atoms with E-state index in [1.807, 2.05) is 0 Å². The van der Waals surface area contributed by atoms with Crippen molar-refractivity contribution < 1.29 is 41.0 Å². The van der Waals surface area contributed by atoms with Crippen molar-refractivity contribution in [3.05, 3.63) is 76.0 Å². The Balaban J connectivity index is 1.67. The Morgan fingerprint density at radius 1 is 1.05 bits per heavy atom. The Hall–Kier alpha value is -3.97. The van der Waals surface area contributed by atoms with Gasteiger partial charge in [0, 0.05) is 13.1 Å². The van der Waals surface area contributed by atoms with Gasteiger partial charge in [-0.2, -0.15) is 31.4 Å². The van der Waals surface area contributed by atoms with Gasteiger partial charge in [0.25, 0.3) is 5.91 Å². The average molecular weight is 538 g/mol. The molecule has 4 rings (SSSR count). The fraction of sp³-hybridized carbons (Fsp3) is 0.292. The van der Waals surface area contributed by atoms with E-state index in [1.54, 1.807) is 0 Å². The van der Waals surface area contributed by atoms with Crippen LogP contribution in [0.2, 0.25) is 0 Å². The Morgan fingerprint density at radius 3 is 2.29 bits per heavy atom. The van der Waals surface area contributed by atoms with E-state index in [9.17, 15) is 35.9 Å². The molecule has 2 heterocycles. The molecule has 0 saturated carbocycles. The number of rotatable bonds is 6. The number of carboxylic acids is 1. The number of carboxylic acid groups (broad SMARTS) is 1. The summed E-state index contributed by atoms with van der Waals surface area (Å²) in [7, 11) is 1.48. The maximum absolute atomic E-state index is 13.9. The first-order chi connectivity index (χ1) is 17.6. The molecule has 0 saturated heterocycles. The fourth-order valence-corrected chi connectivity index (χ4v) is 4.42. The van der Waals surface area contributed by atoms with Crippen molar-refractivity contribution in [1.29, 1.82) is 0 Å². The molecule has 38 heavy (non-hydrogen) atoms. The van der Waals surface area contributed by atoms with E-state index in [0.717, 1.165) is 16.8 Å². The van der Waals surface area contributed by atoms with Gasteiger partial charge in [0.15, 0.2) is 5.69 Å². The number of nitrogens with one attached hydrogen (secondary N) is 1. The van der Waals surface area contributed by atoms with Crippen molar-refractivity contribution in [2.45, 2.75) is 38.4 Å². The van der Waals surface area contributed by atoms with E-state index in [0.29, 0.717) is 11.0 Å². The Labute approximate surface area is 213 Å².